The highest BCUT2D eigenvalue weighted by atomic mass is 16.3. The van der Waals surface area contributed by atoms with Crippen LogP contribution in [-0.4, -0.2) is 6.29 Å². The Labute approximate surface area is 84.3 Å². The number of carbonyl (C=O) groups excluding carboxylic acids is 1. The molecule has 1 rings (SSSR count). The van der Waals surface area contributed by atoms with E-state index in [1.54, 1.807) is 0 Å². The smallest absolute Gasteiger partial charge is 0.121 e. The van der Waals surface area contributed by atoms with Crippen molar-refractivity contribution in [3.63, 3.8) is 0 Å². The van der Waals surface area contributed by atoms with Crippen LogP contribution in [0.5, 0.6) is 0 Å². The summed E-state index contributed by atoms with van der Waals surface area (Å²) < 4.78 is 5.50. The third-order valence-electron chi connectivity index (χ3n) is 2.59. The topological polar surface area (TPSA) is 56.2 Å². The second-order valence-corrected chi connectivity index (χ2v) is 3.79. The Bertz CT molecular complexity index is 298. The van der Waals surface area contributed by atoms with Crippen LogP contribution in [0.4, 0.5) is 0 Å². The van der Waals surface area contributed by atoms with Crippen LogP contribution in [0.25, 0.3) is 0 Å². The van der Waals surface area contributed by atoms with E-state index in [1.807, 2.05) is 26.8 Å². The van der Waals surface area contributed by atoms with Gasteiger partial charge in [0.25, 0.3) is 0 Å². The van der Waals surface area contributed by atoms with Gasteiger partial charge in [-0.2, -0.15) is 0 Å². The average Bonchev–Trinajstić information content (AvgIpc) is 2.46. The van der Waals surface area contributed by atoms with Crippen molar-refractivity contribution in [2.45, 2.75) is 33.2 Å². The molecule has 1 heterocycles. The second-order valence-electron chi connectivity index (χ2n) is 3.79. The van der Waals surface area contributed by atoms with Crippen molar-refractivity contribution in [3.05, 3.63) is 23.2 Å². The van der Waals surface area contributed by atoms with Gasteiger partial charge in [-0.1, -0.05) is 6.92 Å². The van der Waals surface area contributed by atoms with E-state index >= 15 is 0 Å². The summed E-state index contributed by atoms with van der Waals surface area (Å²) in [5.41, 5.74) is 7.06. The molecule has 0 aliphatic heterocycles. The largest absolute Gasteiger partial charge is 0.464 e. The first-order valence-electron chi connectivity index (χ1n) is 4.82. The molecule has 2 atom stereocenters. The minimum absolute atomic E-state index is 0.123. The molecule has 3 nitrogen and oxygen atoms in total. The summed E-state index contributed by atoms with van der Waals surface area (Å²) in [6.45, 7) is 5.85. The maximum Gasteiger partial charge on any atom is 0.121 e. The van der Waals surface area contributed by atoms with Crippen LogP contribution in [0, 0.1) is 19.8 Å². The normalized spacial score (nSPS) is 15.1. The molecule has 1 aromatic rings. The van der Waals surface area contributed by atoms with Crippen molar-refractivity contribution in [2.24, 2.45) is 11.7 Å². The van der Waals surface area contributed by atoms with Crippen LogP contribution < -0.4 is 5.73 Å². The van der Waals surface area contributed by atoms with Crippen LogP contribution in [0.3, 0.4) is 0 Å². The van der Waals surface area contributed by atoms with Gasteiger partial charge in [-0.15, -0.1) is 0 Å². The number of hydrogen-bond donors (Lipinski definition) is 1. The second kappa shape index (κ2) is 4.42. The third-order valence-corrected chi connectivity index (χ3v) is 2.59. The van der Waals surface area contributed by atoms with Crippen molar-refractivity contribution >= 4 is 6.29 Å². The fraction of sp³-hybridized carbons (Fsp3) is 0.545. The molecule has 0 spiro atoms. The lowest BCUT2D eigenvalue weighted by atomic mass is 9.97. The lowest BCUT2D eigenvalue weighted by molar-refractivity contribution is -0.108. The highest BCUT2D eigenvalue weighted by Gasteiger charge is 2.18. The fourth-order valence-electron chi connectivity index (χ4n) is 1.34. The predicted octanol–water partition coefficient (Wildman–Crippen LogP) is 2.12. The van der Waals surface area contributed by atoms with E-state index in [1.165, 1.54) is 0 Å². The molecular weight excluding hydrogens is 178 g/mol. The highest BCUT2D eigenvalue weighted by molar-refractivity contribution is 5.49. The zero-order valence-electron chi connectivity index (χ0n) is 8.91. The van der Waals surface area contributed by atoms with Crippen LogP contribution in [0.1, 0.15) is 36.5 Å². The van der Waals surface area contributed by atoms with E-state index in [-0.39, 0.29) is 12.0 Å². The van der Waals surface area contributed by atoms with E-state index in [0.717, 1.165) is 23.4 Å². The maximum atomic E-state index is 10.3. The fourth-order valence-corrected chi connectivity index (χ4v) is 1.34. The number of aryl methyl sites for hydroxylation is 2. The Kier molecular flexibility index (Phi) is 3.47. The molecule has 0 fully saturated rings. The van der Waals surface area contributed by atoms with Gasteiger partial charge >= 0.3 is 0 Å². The molecule has 0 saturated heterocycles. The maximum absolute atomic E-state index is 10.3. The van der Waals surface area contributed by atoms with Gasteiger partial charge in [0.05, 0.1) is 6.04 Å². The minimum atomic E-state index is -0.187. The molecule has 0 aliphatic rings. The molecule has 78 valence electrons. The van der Waals surface area contributed by atoms with Crippen LogP contribution in [0.15, 0.2) is 10.5 Å². The van der Waals surface area contributed by atoms with Gasteiger partial charge in [0.2, 0.25) is 0 Å². The van der Waals surface area contributed by atoms with Crippen molar-refractivity contribution in [1.82, 2.24) is 0 Å². The van der Waals surface area contributed by atoms with Gasteiger partial charge in [0.1, 0.15) is 17.8 Å². The molecule has 0 aromatic carbocycles. The van der Waals surface area contributed by atoms with Crippen LogP contribution in [-0.2, 0) is 4.79 Å². The Balaban J connectivity index is 2.77. The summed E-state index contributed by atoms with van der Waals surface area (Å²) >= 11 is 0. The minimum Gasteiger partial charge on any atom is -0.464 e. The zero-order chi connectivity index (χ0) is 10.7. The van der Waals surface area contributed by atoms with E-state index < -0.39 is 0 Å². The number of hydrogen-bond acceptors (Lipinski definition) is 3. The zero-order valence-corrected chi connectivity index (χ0v) is 8.91. The molecule has 1 aromatic heterocycles. The molecule has 0 saturated carbocycles. The Morgan fingerprint density at radius 1 is 1.57 bits per heavy atom. The van der Waals surface area contributed by atoms with E-state index in [0.29, 0.717) is 6.42 Å². The highest BCUT2D eigenvalue weighted by Crippen LogP contribution is 2.25. The summed E-state index contributed by atoms with van der Waals surface area (Å²) in [5, 5.41) is 0. The van der Waals surface area contributed by atoms with Crippen LogP contribution in [0.2, 0.25) is 0 Å². The van der Waals surface area contributed by atoms with Gasteiger partial charge < -0.3 is 14.9 Å². The summed E-state index contributed by atoms with van der Waals surface area (Å²) in [4.78, 5) is 10.3. The summed E-state index contributed by atoms with van der Waals surface area (Å²) in [7, 11) is 0. The standard InChI is InChI=1S/C11H17NO2/c1-7(4-5-13)11(12)10-6-8(2)9(3)14-10/h5-7,11H,4,12H2,1-3H3. The monoisotopic (exact) mass is 195 g/mol. The van der Waals surface area contributed by atoms with Crippen LogP contribution >= 0.6 is 0 Å². The van der Waals surface area contributed by atoms with Gasteiger partial charge in [-0.05, 0) is 31.4 Å². The van der Waals surface area contributed by atoms with Crippen molar-refractivity contribution in [2.75, 3.05) is 0 Å². The van der Waals surface area contributed by atoms with E-state index in [9.17, 15) is 4.79 Å². The van der Waals surface area contributed by atoms with Crippen molar-refractivity contribution in [3.8, 4) is 0 Å². The van der Waals surface area contributed by atoms with Gasteiger partial charge in [0, 0.05) is 6.42 Å². The van der Waals surface area contributed by atoms with Crippen molar-refractivity contribution < 1.29 is 9.21 Å². The van der Waals surface area contributed by atoms with Crippen molar-refractivity contribution in [1.29, 1.82) is 0 Å². The molecule has 14 heavy (non-hydrogen) atoms. The first kappa shape index (κ1) is 11.0. The lowest BCUT2D eigenvalue weighted by Crippen LogP contribution is -2.18. The summed E-state index contributed by atoms with van der Waals surface area (Å²) in [5.74, 6) is 1.79. The quantitative estimate of drug-likeness (QED) is 0.749. The first-order chi connectivity index (χ1) is 6.56. The molecule has 2 N–H and O–H groups in total. The van der Waals surface area contributed by atoms with Gasteiger partial charge in [0.15, 0.2) is 0 Å². The number of aldehydes is 1. The molecule has 3 heteroatoms. The molecular formula is C11H17NO2. The molecule has 0 aliphatic carbocycles. The molecule has 0 radical (unpaired) electrons. The predicted molar refractivity (Wildman–Crippen MR) is 55.0 cm³/mol. The summed E-state index contributed by atoms with van der Waals surface area (Å²) in [6, 6.07) is 1.76. The first-order valence-corrected chi connectivity index (χ1v) is 4.82. The summed E-state index contributed by atoms with van der Waals surface area (Å²) in [6.07, 6.45) is 1.37. The SMILES string of the molecule is Cc1cc(C(N)C(C)CC=O)oc1C. The lowest BCUT2D eigenvalue weighted by Gasteiger charge is -2.14. The van der Waals surface area contributed by atoms with Gasteiger partial charge in [-0.3, -0.25) is 0 Å². The van der Waals surface area contributed by atoms with E-state index in [4.69, 9.17) is 10.2 Å². The van der Waals surface area contributed by atoms with Gasteiger partial charge in [-0.25, -0.2) is 0 Å². The Morgan fingerprint density at radius 2 is 2.21 bits per heavy atom. The third kappa shape index (κ3) is 2.23. The number of furan rings is 1. The number of rotatable bonds is 4. The number of carbonyl (C=O) groups is 1. The molecule has 2 unspecified atom stereocenters. The Hall–Kier alpha value is -1.09. The number of nitrogens with two attached hydrogens (primary N) is 1. The molecule has 0 amide bonds. The molecule has 0 bridgehead atoms. The average molecular weight is 195 g/mol. The van der Waals surface area contributed by atoms with E-state index in [2.05, 4.69) is 0 Å². The Morgan fingerprint density at radius 3 is 2.64 bits per heavy atom.